The van der Waals surface area contributed by atoms with Crippen molar-refractivity contribution in [3.63, 3.8) is 0 Å². The average Bonchev–Trinajstić information content (AvgIpc) is 2.73. The molecule has 0 radical (unpaired) electrons. The number of unbranched alkanes of at least 4 members (excludes halogenated alkanes) is 4. The van der Waals surface area contributed by atoms with Crippen molar-refractivity contribution in [3.8, 4) is 0 Å². The fourth-order valence-electron chi connectivity index (χ4n) is 2.39. The summed E-state index contributed by atoms with van der Waals surface area (Å²) >= 11 is 3.09. The summed E-state index contributed by atoms with van der Waals surface area (Å²) in [5, 5.41) is 0. The molecule has 19 heavy (non-hydrogen) atoms. The van der Waals surface area contributed by atoms with Crippen molar-refractivity contribution in [2.75, 3.05) is 0 Å². The molecule has 4 heteroatoms. The maximum absolute atomic E-state index is 13.4. The van der Waals surface area contributed by atoms with Crippen molar-refractivity contribution in [2.45, 2.75) is 77.6 Å². The highest BCUT2D eigenvalue weighted by Gasteiger charge is 2.32. The van der Waals surface area contributed by atoms with Gasteiger partial charge in [0.15, 0.2) is 4.60 Å². The molecule has 0 saturated heterocycles. The summed E-state index contributed by atoms with van der Waals surface area (Å²) in [6, 6.07) is -0.605. The number of halogens is 2. The van der Waals surface area contributed by atoms with Crippen molar-refractivity contribution < 1.29 is 8.81 Å². The molecule has 0 spiro atoms. The van der Waals surface area contributed by atoms with Crippen molar-refractivity contribution in [2.24, 2.45) is 0 Å². The molecule has 2 nitrogen and oxygen atoms in total. The van der Waals surface area contributed by atoms with Gasteiger partial charge in [-0.1, -0.05) is 59.3 Å². The fraction of sp³-hybridized carbons (Fsp3) is 0.800. The van der Waals surface area contributed by atoms with Crippen LogP contribution < -0.4 is 0 Å². The topological polar surface area (TPSA) is 26.0 Å². The van der Waals surface area contributed by atoms with Gasteiger partial charge in [0, 0.05) is 5.41 Å². The van der Waals surface area contributed by atoms with Crippen molar-refractivity contribution >= 4 is 15.9 Å². The molecule has 0 aliphatic heterocycles. The highest BCUT2D eigenvalue weighted by molar-refractivity contribution is 9.10. The Balaban J connectivity index is 2.73. The lowest BCUT2D eigenvalue weighted by Gasteiger charge is -2.26. The largest absolute Gasteiger partial charge is 0.414 e. The van der Waals surface area contributed by atoms with Gasteiger partial charge >= 0.3 is 6.01 Å². The second-order valence-electron chi connectivity index (χ2n) is 5.56. The minimum absolute atomic E-state index is 0.142. The van der Waals surface area contributed by atoms with Gasteiger partial charge < -0.3 is 4.42 Å². The summed E-state index contributed by atoms with van der Waals surface area (Å²) in [7, 11) is 0. The van der Waals surface area contributed by atoms with Crippen LogP contribution in [0.2, 0.25) is 0 Å². The molecule has 1 heterocycles. The number of aromatic nitrogens is 1. The van der Waals surface area contributed by atoms with Crippen molar-refractivity contribution in [1.82, 2.24) is 4.98 Å². The van der Waals surface area contributed by atoms with Crippen molar-refractivity contribution in [3.05, 3.63) is 16.5 Å². The van der Waals surface area contributed by atoms with Crippen LogP contribution in [-0.4, -0.2) is 4.98 Å². The molecule has 0 bridgehead atoms. The van der Waals surface area contributed by atoms with Crippen LogP contribution in [-0.2, 0) is 5.41 Å². The monoisotopic (exact) mass is 333 g/mol. The van der Waals surface area contributed by atoms with E-state index in [0.717, 1.165) is 32.1 Å². The fourth-order valence-corrected chi connectivity index (χ4v) is 2.63. The zero-order chi connectivity index (χ0) is 14.3. The lowest BCUT2D eigenvalue weighted by atomic mass is 9.80. The predicted octanol–water partition coefficient (Wildman–Crippen LogP) is 5.99. The second kappa shape index (κ2) is 8.03. The minimum atomic E-state index is -0.605. The smallest absolute Gasteiger partial charge is 0.312 e. The third kappa shape index (κ3) is 4.90. The molecule has 0 fully saturated rings. The van der Waals surface area contributed by atoms with E-state index in [-0.39, 0.29) is 10.0 Å². The summed E-state index contributed by atoms with van der Waals surface area (Å²) in [6.07, 6.45) is 9.12. The first-order chi connectivity index (χ1) is 9.03. The Morgan fingerprint density at radius 1 is 1.11 bits per heavy atom. The van der Waals surface area contributed by atoms with Gasteiger partial charge in [0.05, 0.1) is 0 Å². The SMILES string of the molecule is CCCCCCC(C)(CCCC)c1nc(Br)c(F)o1. The molecule has 1 aromatic rings. The third-order valence-electron chi connectivity index (χ3n) is 3.73. The van der Waals surface area contributed by atoms with Crippen molar-refractivity contribution in [1.29, 1.82) is 0 Å². The van der Waals surface area contributed by atoms with Crippen LogP contribution in [0.3, 0.4) is 0 Å². The minimum Gasteiger partial charge on any atom is -0.414 e. The van der Waals surface area contributed by atoms with Crippen LogP contribution in [0.4, 0.5) is 4.39 Å². The van der Waals surface area contributed by atoms with Gasteiger partial charge in [-0.3, -0.25) is 0 Å². The molecule has 0 saturated carbocycles. The molecule has 0 aliphatic carbocycles. The van der Waals surface area contributed by atoms with Gasteiger partial charge in [0.25, 0.3) is 0 Å². The predicted molar refractivity (Wildman–Crippen MR) is 79.8 cm³/mol. The van der Waals surface area contributed by atoms with E-state index < -0.39 is 6.01 Å². The highest BCUT2D eigenvalue weighted by atomic mass is 79.9. The van der Waals surface area contributed by atoms with Crippen LogP contribution in [0.5, 0.6) is 0 Å². The first-order valence-electron chi connectivity index (χ1n) is 7.35. The summed E-state index contributed by atoms with van der Waals surface area (Å²) in [6.45, 7) is 6.52. The molecule has 1 atom stereocenters. The molecule has 1 rings (SSSR count). The second-order valence-corrected chi connectivity index (χ2v) is 6.31. The van der Waals surface area contributed by atoms with Gasteiger partial charge in [0.1, 0.15) is 0 Å². The van der Waals surface area contributed by atoms with Crippen LogP contribution in [0, 0.1) is 6.01 Å². The Labute approximate surface area is 124 Å². The molecule has 1 aromatic heterocycles. The first kappa shape index (κ1) is 16.7. The standard InChI is InChI=1S/C15H25BrFNO/c1-4-6-8-9-11-15(3,10-7-5-2)14-18-12(16)13(17)19-14/h4-11H2,1-3H3. The molecule has 0 aliphatic rings. The number of rotatable bonds is 9. The van der Waals surface area contributed by atoms with Crippen LogP contribution >= 0.6 is 15.9 Å². The summed E-state index contributed by atoms with van der Waals surface area (Å²) in [5.41, 5.74) is -0.142. The zero-order valence-corrected chi connectivity index (χ0v) is 13.9. The summed E-state index contributed by atoms with van der Waals surface area (Å²) in [5.74, 6) is 0.543. The average molecular weight is 334 g/mol. The van der Waals surface area contributed by atoms with Gasteiger partial charge in [-0.05, 0) is 28.8 Å². The number of nitrogens with zero attached hydrogens (tertiary/aromatic N) is 1. The van der Waals surface area contributed by atoms with E-state index in [2.05, 4.69) is 41.7 Å². The summed E-state index contributed by atoms with van der Waals surface area (Å²) in [4.78, 5) is 4.21. The van der Waals surface area contributed by atoms with E-state index in [4.69, 9.17) is 4.42 Å². The van der Waals surface area contributed by atoms with E-state index in [0.29, 0.717) is 5.89 Å². The Morgan fingerprint density at radius 2 is 1.74 bits per heavy atom. The van der Waals surface area contributed by atoms with Gasteiger partial charge in [0.2, 0.25) is 5.89 Å². The molecular weight excluding hydrogens is 309 g/mol. The van der Waals surface area contributed by atoms with E-state index in [1.54, 1.807) is 0 Å². The van der Waals surface area contributed by atoms with Gasteiger partial charge in [-0.2, -0.15) is 4.39 Å². The lowest BCUT2D eigenvalue weighted by molar-refractivity contribution is 0.248. The number of hydrogen-bond acceptors (Lipinski definition) is 2. The van der Waals surface area contributed by atoms with Crippen LogP contribution in [0.1, 0.15) is 78.0 Å². The van der Waals surface area contributed by atoms with Crippen LogP contribution in [0.25, 0.3) is 0 Å². The third-order valence-corrected chi connectivity index (χ3v) is 4.22. The zero-order valence-electron chi connectivity index (χ0n) is 12.3. The van der Waals surface area contributed by atoms with Crippen LogP contribution in [0.15, 0.2) is 9.02 Å². The first-order valence-corrected chi connectivity index (χ1v) is 8.15. The number of hydrogen-bond donors (Lipinski definition) is 0. The van der Waals surface area contributed by atoms with E-state index in [1.807, 2.05) is 0 Å². The molecule has 0 aromatic carbocycles. The Morgan fingerprint density at radius 3 is 2.26 bits per heavy atom. The van der Waals surface area contributed by atoms with E-state index in [1.165, 1.54) is 19.3 Å². The maximum atomic E-state index is 13.4. The highest BCUT2D eigenvalue weighted by Crippen LogP contribution is 2.36. The molecule has 110 valence electrons. The molecule has 0 N–H and O–H groups in total. The lowest BCUT2D eigenvalue weighted by Crippen LogP contribution is -2.22. The quantitative estimate of drug-likeness (QED) is 0.518. The molecule has 1 unspecified atom stereocenters. The summed E-state index contributed by atoms with van der Waals surface area (Å²) < 4.78 is 18.8. The van der Waals surface area contributed by atoms with E-state index in [9.17, 15) is 4.39 Å². The van der Waals surface area contributed by atoms with Gasteiger partial charge in [-0.25, -0.2) is 4.98 Å². The molecular formula is C15H25BrFNO. The Hall–Kier alpha value is -0.380. The Kier molecular flexibility index (Phi) is 7.05. The Bertz CT molecular complexity index is 361. The maximum Gasteiger partial charge on any atom is 0.312 e. The number of oxazole rings is 1. The van der Waals surface area contributed by atoms with E-state index >= 15 is 0 Å². The normalized spacial score (nSPS) is 14.6. The molecule has 0 amide bonds. The van der Waals surface area contributed by atoms with Gasteiger partial charge in [-0.15, -0.1) is 0 Å².